The molecule has 0 spiro atoms. The van der Waals surface area contributed by atoms with Crippen molar-refractivity contribution in [2.75, 3.05) is 0 Å². The zero-order chi connectivity index (χ0) is 24.5. The van der Waals surface area contributed by atoms with Crippen molar-refractivity contribution >= 4 is 17.7 Å². The molecule has 35 heavy (non-hydrogen) atoms. The summed E-state index contributed by atoms with van der Waals surface area (Å²) in [6.45, 7) is 3.87. The largest absolute Gasteiger partial charge is 0.422 e. The first kappa shape index (κ1) is 22.3. The number of hydrogen-bond donors (Lipinski definition) is 0. The highest BCUT2D eigenvalue weighted by atomic mass is 16.5. The molecule has 0 N–H and O–H groups in total. The first-order chi connectivity index (χ1) is 16.9. The maximum atomic E-state index is 13.7. The van der Waals surface area contributed by atoms with Gasteiger partial charge in [0.05, 0.1) is 22.3 Å². The van der Waals surface area contributed by atoms with E-state index < -0.39 is 11.9 Å². The Kier molecular flexibility index (Phi) is 5.75. The maximum Gasteiger partial charge on any atom is 0.343 e. The fourth-order valence-electron chi connectivity index (χ4n) is 4.16. The standard InChI is InChI=1S/C30H22O5/c1-18-9-13-20(14-10-18)29(32)34-24-7-3-5-22-17-23-6-4-8-25(27(23)28(31)26(22)24)35-30(33)21-15-11-19(2)12-16-21/h3-16H,17H2,1-2H3. The molecule has 0 saturated carbocycles. The topological polar surface area (TPSA) is 69.7 Å². The fourth-order valence-corrected chi connectivity index (χ4v) is 4.16. The second-order valence-electron chi connectivity index (χ2n) is 8.60. The number of carbonyl (C=O) groups excluding carboxylic acids is 3. The molecule has 0 saturated heterocycles. The van der Waals surface area contributed by atoms with Crippen LogP contribution in [0.25, 0.3) is 0 Å². The van der Waals surface area contributed by atoms with Crippen LogP contribution in [0.4, 0.5) is 0 Å². The number of rotatable bonds is 4. The first-order valence-corrected chi connectivity index (χ1v) is 11.3. The zero-order valence-electron chi connectivity index (χ0n) is 19.3. The van der Waals surface area contributed by atoms with E-state index in [0.29, 0.717) is 28.7 Å². The lowest BCUT2D eigenvalue weighted by Crippen LogP contribution is -2.20. The molecule has 4 aromatic rings. The maximum absolute atomic E-state index is 13.7. The molecular weight excluding hydrogens is 440 g/mol. The highest BCUT2D eigenvalue weighted by molar-refractivity contribution is 6.16. The number of esters is 2. The van der Waals surface area contributed by atoms with Gasteiger partial charge in [-0.25, -0.2) is 9.59 Å². The number of carbonyl (C=O) groups is 3. The second kappa shape index (κ2) is 9.03. The van der Waals surface area contributed by atoms with Crippen molar-refractivity contribution in [3.05, 3.63) is 129 Å². The quantitative estimate of drug-likeness (QED) is 0.247. The summed E-state index contributed by atoms with van der Waals surface area (Å²) in [6.07, 6.45) is 0.447. The van der Waals surface area contributed by atoms with Crippen LogP contribution in [0, 0.1) is 13.8 Å². The molecule has 5 rings (SSSR count). The normalized spacial score (nSPS) is 11.9. The number of hydrogen-bond acceptors (Lipinski definition) is 5. The Hall–Kier alpha value is -4.51. The molecule has 172 valence electrons. The van der Waals surface area contributed by atoms with E-state index in [1.54, 1.807) is 48.5 Å². The van der Waals surface area contributed by atoms with E-state index in [9.17, 15) is 14.4 Å². The van der Waals surface area contributed by atoms with Crippen molar-refractivity contribution in [3.63, 3.8) is 0 Å². The average Bonchev–Trinajstić information content (AvgIpc) is 2.85. The van der Waals surface area contributed by atoms with Crippen molar-refractivity contribution in [1.29, 1.82) is 0 Å². The number of benzene rings is 4. The molecule has 0 amide bonds. The summed E-state index contributed by atoms with van der Waals surface area (Å²) in [4.78, 5) is 39.2. The van der Waals surface area contributed by atoms with Crippen molar-refractivity contribution in [2.24, 2.45) is 0 Å². The van der Waals surface area contributed by atoms with Gasteiger partial charge in [0.25, 0.3) is 0 Å². The summed E-state index contributed by atoms with van der Waals surface area (Å²) < 4.78 is 11.3. The molecule has 0 heterocycles. The predicted molar refractivity (Wildman–Crippen MR) is 131 cm³/mol. The summed E-state index contributed by atoms with van der Waals surface area (Å²) in [7, 11) is 0. The van der Waals surface area contributed by atoms with Gasteiger partial charge in [-0.2, -0.15) is 0 Å². The van der Waals surface area contributed by atoms with Crippen molar-refractivity contribution in [3.8, 4) is 11.5 Å². The smallest absolute Gasteiger partial charge is 0.343 e. The van der Waals surface area contributed by atoms with Crippen molar-refractivity contribution in [2.45, 2.75) is 20.3 Å². The van der Waals surface area contributed by atoms with Crippen LogP contribution in [0.15, 0.2) is 84.9 Å². The molecule has 0 aliphatic heterocycles. The SMILES string of the molecule is Cc1ccc(C(=O)Oc2cccc3c2C(=O)c2c(cccc2OC(=O)c2ccc(C)cc2)C3)cc1. The molecule has 0 atom stereocenters. The third-order valence-electron chi connectivity index (χ3n) is 6.04. The van der Waals surface area contributed by atoms with Crippen molar-refractivity contribution in [1.82, 2.24) is 0 Å². The number of ether oxygens (including phenoxy) is 2. The van der Waals surface area contributed by atoms with E-state index in [1.807, 2.05) is 50.2 Å². The molecule has 1 aliphatic rings. The van der Waals surface area contributed by atoms with Gasteiger partial charge < -0.3 is 9.47 Å². The van der Waals surface area contributed by atoms with E-state index in [-0.39, 0.29) is 17.3 Å². The van der Waals surface area contributed by atoms with E-state index >= 15 is 0 Å². The monoisotopic (exact) mass is 462 g/mol. The Bertz CT molecular complexity index is 1350. The minimum absolute atomic E-state index is 0.184. The highest BCUT2D eigenvalue weighted by Gasteiger charge is 2.31. The number of fused-ring (bicyclic) bond motifs is 2. The molecular formula is C30H22O5. The molecule has 0 fully saturated rings. The Labute approximate surface area is 202 Å². The predicted octanol–water partition coefficient (Wildman–Crippen LogP) is 5.88. The third kappa shape index (κ3) is 4.36. The van der Waals surface area contributed by atoms with E-state index in [0.717, 1.165) is 22.3 Å². The van der Waals surface area contributed by atoms with Crippen LogP contribution in [-0.4, -0.2) is 17.7 Å². The summed E-state index contributed by atoms with van der Waals surface area (Å²) in [5.41, 5.74) is 4.95. The van der Waals surface area contributed by atoms with Gasteiger partial charge in [0.2, 0.25) is 5.78 Å². The van der Waals surface area contributed by atoms with Gasteiger partial charge >= 0.3 is 11.9 Å². The summed E-state index contributed by atoms with van der Waals surface area (Å²) in [6, 6.07) is 24.5. The molecule has 5 heteroatoms. The summed E-state index contributed by atoms with van der Waals surface area (Å²) in [5, 5.41) is 0. The van der Waals surface area contributed by atoms with Crippen LogP contribution in [-0.2, 0) is 6.42 Å². The van der Waals surface area contributed by atoms with E-state index in [1.165, 1.54) is 0 Å². The van der Waals surface area contributed by atoms with Crippen LogP contribution >= 0.6 is 0 Å². The van der Waals surface area contributed by atoms with Crippen LogP contribution in [0.1, 0.15) is 58.9 Å². The van der Waals surface area contributed by atoms with Crippen LogP contribution in [0.5, 0.6) is 11.5 Å². The van der Waals surface area contributed by atoms with Gasteiger partial charge in [-0.05, 0) is 67.8 Å². The minimum atomic E-state index is -0.545. The Morgan fingerprint density at radius 2 is 1.00 bits per heavy atom. The van der Waals surface area contributed by atoms with Crippen LogP contribution in [0.2, 0.25) is 0 Å². The van der Waals surface area contributed by atoms with Gasteiger partial charge in [0.15, 0.2) is 0 Å². The van der Waals surface area contributed by atoms with Gasteiger partial charge in [-0.15, -0.1) is 0 Å². The lowest BCUT2D eigenvalue weighted by Gasteiger charge is -2.22. The molecule has 0 aromatic heterocycles. The van der Waals surface area contributed by atoms with E-state index in [2.05, 4.69) is 0 Å². The molecule has 0 bridgehead atoms. The Morgan fingerprint density at radius 1 is 0.600 bits per heavy atom. The van der Waals surface area contributed by atoms with Crippen LogP contribution < -0.4 is 9.47 Å². The lowest BCUT2D eigenvalue weighted by molar-refractivity contribution is 0.0725. The van der Waals surface area contributed by atoms with Gasteiger partial charge in [-0.1, -0.05) is 59.7 Å². The van der Waals surface area contributed by atoms with E-state index in [4.69, 9.17) is 9.47 Å². The second-order valence-corrected chi connectivity index (χ2v) is 8.60. The number of ketones is 1. The Balaban J connectivity index is 1.47. The van der Waals surface area contributed by atoms with Gasteiger partial charge in [-0.3, -0.25) is 4.79 Å². The molecule has 5 nitrogen and oxygen atoms in total. The molecule has 4 aromatic carbocycles. The molecule has 1 aliphatic carbocycles. The average molecular weight is 463 g/mol. The lowest BCUT2D eigenvalue weighted by atomic mass is 9.84. The number of aryl methyl sites for hydroxylation is 2. The molecule has 0 radical (unpaired) electrons. The first-order valence-electron chi connectivity index (χ1n) is 11.3. The Morgan fingerprint density at radius 3 is 1.40 bits per heavy atom. The summed E-state index contributed by atoms with van der Waals surface area (Å²) in [5.74, 6) is -1.07. The van der Waals surface area contributed by atoms with Gasteiger partial charge in [0, 0.05) is 0 Å². The third-order valence-corrected chi connectivity index (χ3v) is 6.04. The van der Waals surface area contributed by atoms with Crippen LogP contribution in [0.3, 0.4) is 0 Å². The summed E-state index contributed by atoms with van der Waals surface area (Å²) >= 11 is 0. The zero-order valence-corrected chi connectivity index (χ0v) is 19.3. The van der Waals surface area contributed by atoms with Gasteiger partial charge in [0.1, 0.15) is 11.5 Å². The minimum Gasteiger partial charge on any atom is -0.422 e. The highest BCUT2D eigenvalue weighted by Crippen LogP contribution is 2.37. The van der Waals surface area contributed by atoms with Crippen molar-refractivity contribution < 1.29 is 23.9 Å². The molecule has 0 unspecified atom stereocenters. The fraction of sp³-hybridized carbons (Fsp3) is 0.100.